The van der Waals surface area contributed by atoms with Crippen molar-refractivity contribution in [1.29, 1.82) is 0 Å². The van der Waals surface area contributed by atoms with Crippen LogP contribution in [0, 0.1) is 6.92 Å². The van der Waals surface area contributed by atoms with Gasteiger partial charge in [0.2, 0.25) is 5.91 Å². The van der Waals surface area contributed by atoms with E-state index < -0.39 is 0 Å². The lowest BCUT2D eigenvalue weighted by molar-refractivity contribution is -0.139. The molecule has 1 spiro atoms. The number of carbonyl (C=O) groups is 1. The average Bonchev–Trinajstić information content (AvgIpc) is 2.73. The number of carbonyl (C=O) groups excluding carboxylic acids is 1. The molecule has 2 saturated heterocycles. The lowest BCUT2D eigenvalue weighted by Gasteiger charge is -2.47. The van der Waals surface area contributed by atoms with E-state index in [0.717, 1.165) is 57.0 Å². The second-order valence-corrected chi connectivity index (χ2v) is 7.84. The lowest BCUT2D eigenvalue weighted by Crippen LogP contribution is -2.57. The van der Waals surface area contributed by atoms with Crippen LogP contribution in [0.15, 0.2) is 42.7 Å². The quantitative estimate of drug-likeness (QED) is 0.816. The van der Waals surface area contributed by atoms with Crippen LogP contribution in [0.25, 0.3) is 0 Å². The summed E-state index contributed by atoms with van der Waals surface area (Å²) >= 11 is 0. The van der Waals surface area contributed by atoms with Crippen LogP contribution in [-0.4, -0.2) is 59.2 Å². The fourth-order valence-electron chi connectivity index (χ4n) is 4.16. The van der Waals surface area contributed by atoms with Crippen molar-refractivity contribution in [2.45, 2.75) is 38.2 Å². The first-order valence-electron chi connectivity index (χ1n) is 10.1. The van der Waals surface area contributed by atoms with Crippen LogP contribution in [0.2, 0.25) is 0 Å². The summed E-state index contributed by atoms with van der Waals surface area (Å²) in [6, 6.07) is 10.2. The van der Waals surface area contributed by atoms with Crippen molar-refractivity contribution >= 4 is 11.7 Å². The largest absolute Gasteiger partial charge is 0.371 e. The van der Waals surface area contributed by atoms with Gasteiger partial charge in [0.25, 0.3) is 0 Å². The molecule has 6 nitrogen and oxygen atoms in total. The molecule has 0 bridgehead atoms. The Bertz CT molecular complexity index is 803. The average molecular weight is 380 g/mol. The van der Waals surface area contributed by atoms with Gasteiger partial charge in [0.05, 0.1) is 24.1 Å². The highest BCUT2D eigenvalue weighted by molar-refractivity contribution is 5.76. The van der Waals surface area contributed by atoms with E-state index in [0.29, 0.717) is 13.0 Å². The van der Waals surface area contributed by atoms with Gasteiger partial charge in [-0.15, -0.1) is 0 Å². The summed E-state index contributed by atoms with van der Waals surface area (Å²) in [6.07, 6.45) is 6.73. The Hall–Kier alpha value is -2.47. The van der Waals surface area contributed by atoms with Gasteiger partial charge in [-0.05, 0) is 31.7 Å². The van der Waals surface area contributed by atoms with E-state index in [1.807, 2.05) is 36.2 Å². The number of nitrogens with zero attached hydrogens (tertiary/aromatic N) is 4. The Morgan fingerprint density at radius 2 is 1.93 bits per heavy atom. The SMILES string of the molecule is Cc1cncc(N2CCOC3(CCN(C(=O)CCc4ccccc4)CC3)C2)n1. The minimum atomic E-state index is -0.181. The van der Waals surface area contributed by atoms with Crippen LogP contribution in [0.5, 0.6) is 0 Å². The molecule has 6 heteroatoms. The van der Waals surface area contributed by atoms with Gasteiger partial charge in [-0.25, -0.2) is 4.98 Å². The van der Waals surface area contributed by atoms with Gasteiger partial charge >= 0.3 is 0 Å². The number of aryl methyl sites for hydroxylation is 2. The molecule has 1 aromatic heterocycles. The molecule has 1 aromatic carbocycles. The van der Waals surface area contributed by atoms with Crippen LogP contribution < -0.4 is 4.90 Å². The molecule has 0 saturated carbocycles. The minimum absolute atomic E-state index is 0.181. The van der Waals surface area contributed by atoms with Gasteiger partial charge in [-0.2, -0.15) is 0 Å². The number of rotatable bonds is 4. The lowest BCUT2D eigenvalue weighted by atomic mass is 9.89. The molecule has 4 rings (SSSR count). The van der Waals surface area contributed by atoms with E-state index in [-0.39, 0.29) is 11.5 Å². The van der Waals surface area contributed by atoms with Gasteiger partial charge < -0.3 is 14.5 Å². The highest BCUT2D eigenvalue weighted by Gasteiger charge is 2.41. The van der Waals surface area contributed by atoms with E-state index in [1.54, 1.807) is 6.20 Å². The van der Waals surface area contributed by atoms with E-state index in [2.05, 4.69) is 27.0 Å². The summed E-state index contributed by atoms with van der Waals surface area (Å²) in [5.41, 5.74) is 1.96. The van der Waals surface area contributed by atoms with Gasteiger partial charge in [-0.1, -0.05) is 30.3 Å². The first-order chi connectivity index (χ1) is 13.6. The molecular formula is C22H28N4O2. The molecule has 1 amide bonds. The number of morpholine rings is 1. The Balaban J connectivity index is 1.32. The molecule has 2 aromatic rings. The zero-order chi connectivity index (χ0) is 19.4. The smallest absolute Gasteiger partial charge is 0.222 e. The van der Waals surface area contributed by atoms with Crippen molar-refractivity contribution in [3.05, 3.63) is 54.0 Å². The Morgan fingerprint density at radius 3 is 2.68 bits per heavy atom. The number of piperidine rings is 1. The predicted octanol–water partition coefficient (Wildman–Crippen LogP) is 2.62. The summed E-state index contributed by atoms with van der Waals surface area (Å²) in [4.78, 5) is 25.8. The molecule has 148 valence electrons. The maximum Gasteiger partial charge on any atom is 0.222 e. The zero-order valence-electron chi connectivity index (χ0n) is 16.5. The van der Waals surface area contributed by atoms with E-state index in [4.69, 9.17) is 4.74 Å². The maximum atomic E-state index is 12.6. The predicted molar refractivity (Wildman–Crippen MR) is 108 cm³/mol. The summed E-state index contributed by atoms with van der Waals surface area (Å²) in [7, 11) is 0. The van der Waals surface area contributed by atoms with Crippen molar-refractivity contribution in [2.75, 3.05) is 37.7 Å². The topological polar surface area (TPSA) is 58.6 Å². The molecular weight excluding hydrogens is 352 g/mol. The molecule has 28 heavy (non-hydrogen) atoms. The molecule has 0 aliphatic carbocycles. The molecule has 2 fully saturated rings. The molecule has 3 heterocycles. The number of ether oxygens (including phenoxy) is 1. The maximum absolute atomic E-state index is 12.6. The van der Waals surface area contributed by atoms with Crippen molar-refractivity contribution < 1.29 is 9.53 Å². The first-order valence-corrected chi connectivity index (χ1v) is 10.1. The number of likely N-dealkylation sites (tertiary alicyclic amines) is 1. The monoisotopic (exact) mass is 380 g/mol. The number of aromatic nitrogens is 2. The van der Waals surface area contributed by atoms with Crippen LogP contribution >= 0.6 is 0 Å². The Morgan fingerprint density at radius 1 is 1.14 bits per heavy atom. The van der Waals surface area contributed by atoms with Crippen LogP contribution in [0.3, 0.4) is 0 Å². The minimum Gasteiger partial charge on any atom is -0.371 e. The third-order valence-corrected chi connectivity index (χ3v) is 5.81. The van der Waals surface area contributed by atoms with Crippen molar-refractivity contribution in [2.24, 2.45) is 0 Å². The third kappa shape index (κ3) is 4.33. The summed E-state index contributed by atoms with van der Waals surface area (Å²) in [5.74, 6) is 1.17. The molecule has 0 N–H and O–H groups in total. The van der Waals surface area contributed by atoms with Crippen molar-refractivity contribution in [3.63, 3.8) is 0 Å². The molecule has 0 unspecified atom stereocenters. The second-order valence-electron chi connectivity index (χ2n) is 7.84. The number of hydrogen-bond acceptors (Lipinski definition) is 5. The molecule has 2 aliphatic rings. The van der Waals surface area contributed by atoms with Gasteiger partial charge in [0.1, 0.15) is 5.82 Å². The van der Waals surface area contributed by atoms with Crippen molar-refractivity contribution in [3.8, 4) is 0 Å². The number of hydrogen-bond donors (Lipinski definition) is 0. The molecule has 0 atom stereocenters. The summed E-state index contributed by atoms with van der Waals surface area (Å²) in [6.45, 7) is 5.84. The van der Waals surface area contributed by atoms with E-state index in [1.165, 1.54) is 5.56 Å². The van der Waals surface area contributed by atoms with Gasteiger partial charge in [-0.3, -0.25) is 9.78 Å². The van der Waals surface area contributed by atoms with Crippen molar-refractivity contribution in [1.82, 2.24) is 14.9 Å². The number of amides is 1. The van der Waals surface area contributed by atoms with Gasteiger partial charge in [0.15, 0.2) is 0 Å². The first kappa shape index (κ1) is 18.9. The fraction of sp³-hybridized carbons (Fsp3) is 0.500. The Kier molecular flexibility index (Phi) is 5.57. The molecule has 0 radical (unpaired) electrons. The Labute approximate surface area is 166 Å². The fourth-order valence-corrected chi connectivity index (χ4v) is 4.16. The van der Waals surface area contributed by atoms with Gasteiger partial charge in [0, 0.05) is 38.8 Å². The summed E-state index contributed by atoms with van der Waals surface area (Å²) in [5, 5.41) is 0. The van der Waals surface area contributed by atoms with E-state index >= 15 is 0 Å². The third-order valence-electron chi connectivity index (χ3n) is 5.81. The van der Waals surface area contributed by atoms with E-state index in [9.17, 15) is 4.79 Å². The molecule has 2 aliphatic heterocycles. The highest BCUT2D eigenvalue weighted by Crippen LogP contribution is 2.32. The second kappa shape index (κ2) is 8.27. The van der Waals surface area contributed by atoms with Crippen LogP contribution in [0.1, 0.15) is 30.5 Å². The zero-order valence-corrected chi connectivity index (χ0v) is 16.5. The number of benzene rings is 1. The standard InChI is InChI=1S/C22H28N4O2/c1-18-15-23-16-20(24-18)26-13-14-28-22(17-26)9-11-25(12-10-22)21(27)8-7-19-5-3-2-4-6-19/h2-6,15-16H,7-14,17H2,1H3. The van der Waals surface area contributed by atoms with Crippen LogP contribution in [0.4, 0.5) is 5.82 Å². The summed E-state index contributed by atoms with van der Waals surface area (Å²) < 4.78 is 6.22. The highest BCUT2D eigenvalue weighted by atomic mass is 16.5. The normalized spacial score (nSPS) is 19.0. The van der Waals surface area contributed by atoms with Crippen LogP contribution in [-0.2, 0) is 16.0 Å². The number of anilines is 1.